The lowest BCUT2D eigenvalue weighted by atomic mass is 9.98. The van der Waals surface area contributed by atoms with Gasteiger partial charge in [-0.05, 0) is 26.0 Å². The van der Waals surface area contributed by atoms with Gasteiger partial charge in [0.15, 0.2) is 0 Å². The molecule has 0 spiro atoms. The minimum atomic E-state index is 0.217. The smallest absolute Gasteiger partial charge is 0.0978 e. The molecule has 1 fully saturated rings. The Bertz CT molecular complexity index is 325. The van der Waals surface area contributed by atoms with Crippen LogP contribution < -0.4 is 0 Å². The molecule has 1 aromatic carbocycles. The maximum absolute atomic E-state index is 6.01. The minimum absolute atomic E-state index is 0.217. The first kappa shape index (κ1) is 11.6. The van der Waals surface area contributed by atoms with E-state index in [1.165, 1.54) is 5.56 Å². The van der Waals surface area contributed by atoms with Gasteiger partial charge < -0.3 is 4.74 Å². The van der Waals surface area contributed by atoms with Crippen molar-refractivity contribution in [1.29, 1.82) is 0 Å². The summed E-state index contributed by atoms with van der Waals surface area (Å²) in [5.41, 5.74) is 1.29. The second-order valence-electron chi connectivity index (χ2n) is 4.63. The molecule has 1 aliphatic heterocycles. The van der Waals surface area contributed by atoms with Crippen molar-refractivity contribution in [2.24, 2.45) is 0 Å². The summed E-state index contributed by atoms with van der Waals surface area (Å²) in [6.45, 7) is 5.32. The van der Waals surface area contributed by atoms with Crippen LogP contribution in [0.4, 0.5) is 0 Å². The number of nitrogens with zero attached hydrogens (tertiary/aromatic N) is 1. The normalized spacial score (nSPS) is 31.6. The number of hydrogen-bond donors (Lipinski definition) is 0. The Hall–Kier alpha value is -0.860. The highest BCUT2D eigenvalue weighted by atomic mass is 16.5. The molecule has 0 bridgehead atoms. The third kappa shape index (κ3) is 2.13. The second kappa shape index (κ2) is 4.98. The summed E-state index contributed by atoms with van der Waals surface area (Å²) in [4.78, 5) is 2.45. The molecule has 0 aromatic heterocycles. The second-order valence-corrected chi connectivity index (χ2v) is 4.63. The van der Waals surface area contributed by atoms with Crippen molar-refractivity contribution in [1.82, 2.24) is 4.90 Å². The molecule has 2 rings (SSSR count). The molecule has 1 saturated heterocycles. The van der Waals surface area contributed by atoms with Gasteiger partial charge in [0.2, 0.25) is 0 Å². The SMILES string of the molecule is CC[C@@H]1CO[C@@H](c2ccccc2)[C@H](C)N1C. The minimum Gasteiger partial charge on any atom is -0.370 e. The number of likely N-dealkylation sites (N-methyl/N-ethyl adjacent to an activating group) is 1. The molecular formula is C14H21NO. The van der Waals surface area contributed by atoms with Crippen LogP contribution in [0.5, 0.6) is 0 Å². The zero-order chi connectivity index (χ0) is 11.5. The Morgan fingerprint density at radius 1 is 1.31 bits per heavy atom. The van der Waals surface area contributed by atoms with E-state index in [1.807, 2.05) is 0 Å². The number of benzene rings is 1. The molecule has 0 amide bonds. The van der Waals surface area contributed by atoms with Crippen molar-refractivity contribution in [3.63, 3.8) is 0 Å². The lowest BCUT2D eigenvalue weighted by Crippen LogP contribution is -2.49. The van der Waals surface area contributed by atoms with Crippen LogP contribution in [-0.4, -0.2) is 30.6 Å². The number of ether oxygens (including phenoxy) is 1. The summed E-state index contributed by atoms with van der Waals surface area (Å²) in [5, 5.41) is 0. The first-order valence-corrected chi connectivity index (χ1v) is 6.12. The molecule has 1 aliphatic rings. The van der Waals surface area contributed by atoms with Crippen LogP contribution in [0, 0.1) is 0 Å². The number of hydrogen-bond acceptors (Lipinski definition) is 2. The standard InChI is InChI=1S/C14H21NO/c1-4-13-10-16-14(11(2)15(13)3)12-8-6-5-7-9-12/h5-9,11,13-14H,4,10H2,1-3H3/t11-,13+,14+/m0/s1. The number of morpholine rings is 1. The highest BCUT2D eigenvalue weighted by Gasteiger charge is 2.32. The Morgan fingerprint density at radius 3 is 2.62 bits per heavy atom. The van der Waals surface area contributed by atoms with Gasteiger partial charge in [0.05, 0.1) is 12.7 Å². The predicted molar refractivity (Wildman–Crippen MR) is 66.4 cm³/mol. The van der Waals surface area contributed by atoms with Gasteiger partial charge in [0, 0.05) is 12.1 Å². The predicted octanol–water partition coefficient (Wildman–Crippen LogP) is 2.86. The fourth-order valence-electron chi connectivity index (χ4n) is 2.44. The highest BCUT2D eigenvalue weighted by molar-refractivity contribution is 5.19. The zero-order valence-electron chi connectivity index (χ0n) is 10.4. The Kier molecular flexibility index (Phi) is 3.62. The molecule has 0 saturated carbocycles. The molecule has 1 heterocycles. The zero-order valence-corrected chi connectivity index (χ0v) is 10.4. The molecule has 2 heteroatoms. The average molecular weight is 219 g/mol. The molecular weight excluding hydrogens is 198 g/mol. The summed E-state index contributed by atoms with van der Waals surface area (Å²) < 4.78 is 6.01. The molecule has 2 nitrogen and oxygen atoms in total. The highest BCUT2D eigenvalue weighted by Crippen LogP contribution is 2.30. The van der Waals surface area contributed by atoms with E-state index in [4.69, 9.17) is 4.74 Å². The third-order valence-electron chi connectivity index (χ3n) is 3.72. The third-order valence-corrected chi connectivity index (χ3v) is 3.72. The summed E-state index contributed by atoms with van der Waals surface area (Å²) in [5.74, 6) is 0. The van der Waals surface area contributed by atoms with E-state index in [2.05, 4.69) is 56.1 Å². The van der Waals surface area contributed by atoms with Crippen LogP contribution >= 0.6 is 0 Å². The van der Waals surface area contributed by atoms with Crippen molar-refractivity contribution >= 4 is 0 Å². The van der Waals surface area contributed by atoms with Gasteiger partial charge in [-0.3, -0.25) is 4.90 Å². The lowest BCUT2D eigenvalue weighted by Gasteiger charge is -2.42. The Balaban J connectivity index is 2.14. The topological polar surface area (TPSA) is 12.5 Å². The first-order valence-electron chi connectivity index (χ1n) is 6.12. The molecule has 88 valence electrons. The van der Waals surface area contributed by atoms with Crippen LogP contribution in [0.2, 0.25) is 0 Å². The van der Waals surface area contributed by atoms with Gasteiger partial charge in [-0.1, -0.05) is 37.3 Å². The average Bonchev–Trinajstić information content (AvgIpc) is 2.34. The van der Waals surface area contributed by atoms with Crippen LogP contribution in [0.15, 0.2) is 30.3 Å². The van der Waals surface area contributed by atoms with Crippen LogP contribution in [0.1, 0.15) is 31.9 Å². The van der Waals surface area contributed by atoms with Crippen LogP contribution in [0.25, 0.3) is 0 Å². The van der Waals surface area contributed by atoms with Crippen molar-refractivity contribution in [3.05, 3.63) is 35.9 Å². The van der Waals surface area contributed by atoms with Crippen LogP contribution in [-0.2, 0) is 4.74 Å². The largest absolute Gasteiger partial charge is 0.370 e. The summed E-state index contributed by atoms with van der Waals surface area (Å²) in [7, 11) is 2.21. The Morgan fingerprint density at radius 2 is 2.00 bits per heavy atom. The van der Waals surface area contributed by atoms with Gasteiger partial charge in [-0.25, -0.2) is 0 Å². The van der Waals surface area contributed by atoms with Crippen LogP contribution in [0.3, 0.4) is 0 Å². The monoisotopic (exact) mass is 219 g/mol. The van der Waals surface area contributed by atoms with Crippen molar-refractivity contribution in [2.45, 2.75) is 38.5 Å². The van der Waals surface area contributed by atoms with Crippen molar-refractivity contribution in [3.8, 4) is 0 Å². The van der Waals surface area contributed by atoms with Gasteiger partial charge in [-0.15, -0.1) is 0 Å². The van der Waals surface area contributed by atoms with E-state index < -0.39 is 0 Å². The van der Waals surface area contributed by atoms with Gasteiger partial charge in [0.25, 0.3) is 0 Å². The van der Waals surface area contributed by atoms with Crippen molar-refractivity contribution in [2.75, 3.05) is 13.7 Å². The van der Waals surface area contributed by atoms with Crippen molar-refractivity contribution < 1.29 is 4.74 Å². The fraction of sp³-hybridized carbons (Fsp3) is 0.571. The van der Waals surface area contributed by atoms with Gasteiger partial charge in [-0.2, -0.15) is 0 Å². The van der Waals surface area contributed by atoms with Gasteiger partial charge in [0.1, 0.15) is 0 Å². The number of rotatable bonds is 2. The fourth-order valence-corrected chi connectivity index (χ4v) is 2.44. The van der Waals surface area contributed by atoms with E-state index >= 15 is 0 Å². The molecule has 3 atom stereocenters. The Labute approximate surface area is 98.2 Å². The lowest BCUT2D eigenvalue weighted by molar-refractivity contribution is -0.0909. The maximum Gasteiger partial charge on any atom is 0.0978 e. The molecule has 1 aromatic rings. The van der Waals surface area contributed by atoms with Gasteiger partial charge >= 0.3 is 0 Å². The van der Waals surface area contributed by atoms with E-state index in [0.29, 0.717) is 12.1 Å². The maximum atomic E-state index is 6.01. The summed E-state index contributed by atoms with van der Waals surface area (Å²) >= 11 is 0. The van der Waals surface area contributed by atoms with E-state index in [0.717, 1.165) is 13.0 Å². The first-order chi connectivity index (χ1) is 7.74. The molecule has 0 N–H and O–H groups in total. The molecule has 0 unspecified atom stereocenters. The quantitative estimate of drug-likeness (QED) is 0.758. The van der Waals surface area contributed by atoms with E-state index in [9.17, 15) is 0 Å². The van der Waals surface area contributed by atoms with E-state index in [-0.39, 0.29) is 6.10 Å². The summed E-state index contributed by atoms with van der Waals surface area (Å²) in [6.07, 6.45) is 1.37. The summed E-state index contributed by atoms with van der Waals surface area (Å²) in [6, 6.07) is 11.5. The molecule has 0 aliphatic carbocycles. The van der Waals surface area contributed by atoms with E-state index in [1.54, 1.807) is 0 Å². The molecule has 0 radical (unpaired) electrons. The molecule has 16 heavy (non-hydrogen) atoms.